The van der Waals surface area contributed by atoms with Crippen molar-refractivity contribution >= 4 is 51.6 Å². The molecule has 4 nitrogen and oxygen atoms in total. The molecule has 0 amide bonds. The molecule has 1 aromatic heterocycles. The van der Waals surface area contributed by atoms with Crippen LogP contribution < -0.4 is 4.90 Å². The number of hydrogen-bond acceptors (Lipinski definition) is 3. The van der Waals surface area contributed by atoms with Gasteiger partial charge in [-0.1, -0.05) is 24.3 Å². The van der Waals surface area contributed by atoms with Crippen molar-refractivity contribution in [3.63, 3.8) is 0 Å². The largest absolute Gasteiger partial charge is 0.369 e. The van der Waals surface area contributed by atoms with E-state index in [1.165, 1.54) is 0 Å². The van der Waals surface area contributed by atoms with E-state index < -0.39 is 0 Å². The molecule has 6 heteroatoms. The van der Waals surface area contributed by atoms with Gasteiger partial charge in [0.05, 0.1) is 16.6 Å². The van der Waals surface area contributed by atoms with Crippen LogP contribution in [0.4, 0.5) is 5.69 Å². The van der Waals surface area contributed by atoms with Crippen molar-refractivity contribution in [3.8, 4) is 6.07 Å². The van der Waals surface area contributed by atoms with E-state index >= 15 is 0 Å². The molecule has 1 heterocycles. The van der Waals surface area contributed by atoms with Crippen LogP contribution in [0.5, 0.6) is 0 Å². The van der Waals surface area contributed by atoms with E-state index in [0.717, 1.165) is 35.4 Å². The van der Waals surface area contributed by atoms with Gasteiger partial charge in [0.2, 0.25) is 0 Å². The molecule has 0 spiro atoms. The molecular formula is C20H18Cl2N4. The average Bonchev–Trinajstić information content (AvgIpc) is 3.10. The molecule has 0 radical (unpaired) electrons. The minimum Gasteiger partial charge on any atom is -0.369 e. The van der Waals surface area contributed by atoms with Gasteiger partial charge in [0.25, 0.3) is 0 Å². The highest BCUT2D eigenvalue weighted by Gasteiger charge is 2.08. The molecule has 0 unspecified atom stereocenters. The molecule has 0 fully saturated rings. The van der Waals surface area contributed by atoms with Gasteiger partial charge in [-0.3, -0.25) is 0 Å². The zero-order valence-corrected chi connectivity index (χ0v) is 15.6. The van der Waals surface area contributed by atoms with Gasteiger partial charge in [-0.05, 0) is 35.9 Å². The fraction of sp³-hybridized carbons (Fsp3) is 0.200. The van der Waals surface area contributed by atoms with Crippen LogP contribution in [0.1, 0.15) is 11.4 Å². The summed E-state index contributed by atoms with van der Waals surface area (Å²) in [6.07, 6.45) is 1.83. The predicted octanol–water partition coefficient (Wildman–Crippen LogP) is 4.91. The van der Waals surface area contributed by atoms with Gasteiger partial charge in [-0.25, -0.2) is 4.98 Å². The number of imidazole rings is 1. The van der Waals surface area contributed by atoms with E-state index in [9.17, 15) is 5.26 Å². The normalized spacial score (nSPS) is 11.5. The SMILES string of the molecule is N#C/C(=C/c1ccc(N(CCCl)CCCl)cc1)c1nc2ccccc2[nH]1. The van der Waals surface area contributed by atoms with E-state index in [0.29, 0.717) is 23.2 Å². The van der Waals surface area contributed by atoms with Crippen molar-refractivity contribution in [2.45, 2.75) is 0 Å². The Kier molecular flexibility index (Phi) is 6.17. The third-order valence-electron chi connectivity index (χ3n) is 4.04. The first-order valence-electron chi connectivity index (χ1n) is 8.29. The summed E-state index contributed by atoms with van der Waals surface area (Å²) in [6.45, 7) is 1.48. The number of rotatable bonds is 7. The summed E-state index contributed by atoms with van der Waals surface area (Å²) in [5.74, 6) is 1.66. The van der Waals surface area contributed by atoms with Crippen LogP contribution in [0.3, 0.4) is 0 Å². The number of alkyl halides is 2. The maximum atomic E-state index is 9.53. The smallest absolute Gasteiger partial charge is 0.149 e. The Hall–Kier alpha value is -2.48. The van der Waals surface area contributed by atoms with E-state index in [-0.39, 0.29) is 0 Å². The van der Waals surface area contributed by atoms with Crippen molar-refractivity contribution in [3.05, 3.63) is 59.9 Å². The lowest BCUT2D eigenvalue weighted by atomic mass is 10.1. The summed E-state index contributed by atoms with van der Waals surface area (Å²) >= 11 is 11.7. The molecule has 0 aliphatic heterocycles. The first kappa shape index (κ1) is 18.3. The third kappa shape index (κ3) is 4.19. The van der Waals surface area contributed by atoms with Crippen molar-refractivity contribution in [1.29, 1.82) is 5.26 Å². The van der Waals surface area contributed by atoms with Crippen LogP contribution >= 0.6 is 23.2 Å². The van der Waals surface area contributed by atoms with Gasteiger partial charge in [-0.15, -0.1) is 23.2 Å². The van der Waals surface area contributed by atoms with Crippen LogP contribution in [-0.4, -0.2) is 34.8 Å². The van der Waals surface area contributed by atoms with E-state index in [4.69, 9.17) is 23.2 Å². The lowest BCUT2D eigenvalue weighted by molar-refractivity contribution is 0.874. The first-order valence-corrected chi connectivity index (χ1v) is 9.36. The van der Waals surface area contributed by atoms with Gasteiger partial charge >= 0.3 is 0 Å². The van der Waals surface area contributed by atoms with Crippen molar-refractivity contribution < 1.29 is 0 Å². The highest BCUT2D eigenvalue weighted by Crippen LogP contribution is 2.21. The molecule has 0 bridgehead atoms. The summed E-state index contributed by atoms with van der Waals surface area (Å²) in [7, 11) is 0. The van der Waals surface area contributed by atoms with E-state index in [2.05, 4.69) is 20.9 Å². The third-order valence-corrected chi connectivity index (χ3v) is 4.38. The number of fused-ring (bicyclic) bond motifs is 1. The Morgan fingerprint density at radius 3 is 2.38 bits per heavy atom. The Morgan fingerprint density at radius 1 is 1.08 bits per heavy atom. The highest BCUT2D eigenvalue weighted by atomic mass is 35.5. The average molecular weight is 385 g/mol. The molecule has 0 saturated heterocycles. The Morgan fingerprint density at radius 2 is 1.77 bits per heavy atom. The minimum absolute atomic E-state index is 0.493. The summed E-state index contributed by atoms with van der Waals surface area (Å²) in [5.41, 5.74) is 4.24. The molecule has 0 saturated carbocycles. The summed E-state index contributed by atoms with van der Waals surface area (Å²) in [6, 6.07) is 17.9. The zero-order valence-electron chi connectivity index (χ0n) is 14.1. The zero-order chi connectivity index (χ0) is 18.4. The molecule has 26 heavy (non-hydrogen) atoms. The molecule has 0 atom stereocenters. The number of anilines is 1. The lowest BCUT2D eigenvalue weighted by Gasteiger charge is -2.22. The molecule has 2 aromatic carbocycles. The maximum absolute atomic E-state index is 9.53. The van der Waals surface area contributed by atoms with Crippen LogP contribution in [0.2, 0.25) is 0 Å². The minimum atomic E-state index is 0.493. The van der Waals surface area contributed by atoms with E-state index in [1.807, 2.05) is 54.6 Å². The monoisotopic (exact) mass is 384 g/mol. The highest BCUT2D eigenvalue weighted by molar-refractivity contribution is 6.18. The second kappa shape index (κ2) is 8.75. The number of allylic oxidation sites excluding steroid dienone is 1. The van der Waals surface area contributed by atoms with Gasteiger partial charge in [0.1, 0.15) is 11.9 Å². The predicted molar refractivity (Wildman–Crippen MR) is 110 cm³/mol. The van der Waals surface area contributed by atoms with Gasteiger partial charge in [0.15, 0.2) is 0 Å². The lowest BCUT2D eigenvalue weighted by Crippen LogP contribution is -2.27. The molecule has 132 valence electrons. The Bertz CT molecular complexity index is 899. The fourth-order valence-electron chi connectivity index (χ4n) is 2.76. The van der Waals surface area contributed by atoms with Gasteiger partial charge < -0.3 is 9.88 Å². The summed E-state index contributed by atoms with van der Waals surface area (Å²) in [4.78, 5) is 9.82. The van der Waals surface area contributed by atoms with Crippen molar-refractivity contribution in [1.82, 2.24) is 9.97 Å². The number of benzene rings is 2. The van der Waals surface area contributed by atoms with Gasteiger partial charge in [0, 0.05) is 30.5 Å². The first-order chi connectivity index (χ1) is 12.7. The molecule has 0 aliphatic rings. The second-order valence-corrected chi connectivity index (χ2v) is 6.48. The topological polar surface area (TPSA) is 55.7 Å². The molecule has 3 aromatic rings. The van der Waals surface area contributed by atoms with Gasteiger partial charge in [-0.2, -0.15) is 5.26 Å². The van der Waals surface area contributed by atoms with Crippen LogP contribution in [0.15, 0.2) is 48.5 Å². The number of nitriles is 1. The number of aromatic nitrogens is 2. The number of aromatic amines is 1. The van der Waals surface area contributed by atoms with Crippen LogP contribution in [-0.2, 0) is 0 Å². The summed E-state index contributed by atoms with van der Waals surface area (Å²) < 4.78 is 0. The fourth-order valence-corrected chi connectivity index (χ4v) is 3.16. The standard InChI is InChI=1S/C20H18Cl2N4/c21-9-11-26(12-10-22)17-7-5-15(6-8-17)13-16(14-23)20-24-18-3-1-2-4-19(18)25-20/h1-8,13H,9-12H2,(H,24,25)/b16-13-. The number of H-pyrrole nitrogens is 1. The molecule has 0 aliphatic carbocycles. The van der Waals surface area contributed by atoms with Crippen LogP contribution in [0, 0.1) is 11.3 Å². The quantitative estimate of drug-likeness (QED) is 0.464. The van der Waals surface area contributed by atoms with Crippen molar-refractivity contribution in [2.75, 3.05) is 29.7 Å². The number of nitrogens with one attached hydrogen (secondary N) is 1. The van der Waals surface area contributed by atoms with Crippen LogP contribution in [0.25, 0.3) is 22.7 Å². The molecule has 1 N–H and O–H groups in total. The number of para-hydroxylation sites is 2. The summed E-state index contributed by atoms with van der Waals surface area (Å²) in [5, 5.41) is 9.53. The number of halogens is 2. The van der Waals surface area contributed by atoms with E-state index in [1.54, 1.807) is 0 Å². The maximum Gasteiger partial charge on any atom is 0.149 e. The van der Waals surface area contributed by atoms with Crippen molar-refractivity contribution in [2.24, 2.45) is 0 Å². The number of nitrogens with zero attached hydrogens (tertiary/aromatic N) is 3. The Balaban J connectivity index is 1.86. The Labute approximate surface area is 162 Å². The molecule has 3 rings (SSSR count). The molecular weight excluding hydrogens is 367 g/mol. The second-order valence-electron chi connectivity index (χ2n) is 5.73. The number of hydrogen-bond donors (Lipinski definition) is 1.